The highest BCUT2D eigenvalue weighted by molar-refractivity contribution is 6.67. The number of carbonyl (C=O) groups excluding carboxylic acids is 2. The third-order valence-corrected chi connectivity index (χ3v) is 6.48. The predicted octanol–water partition coefficient (Wildman–Crippen LogP) is 3.03. The molecule has 1 aliphatic heterocycles. The van der Waals surface area contributed by atoms with E-state index in [-0.39, 0.29) is 10.6 Å². The first-order valence-corrected chi connectivity index (χ1v) is 6.66. The minimum absolute atomic E-state index is 0.229. The zero-order chi connectivity index (χ0) is 14.1. The molecule has 2 rings (SSSR count). The average molecular weight is 370 g/mol. The van der Waals surface area contributed by atoms with Crippen molar-refractivity contribution in [1.29, 1.82) is 0 Å². The van der Waals surface area contributed by atoms with E-state index in [1.165, 1.54) is 0 Å². The summed E-state index contributed by atoms with van der Waals surface area (Å²) in [6.45, 7) is 3.53. The largest absolute Gasteiger partial charge is 0.293 e. The lowest BCUT2D eigenvalue weighted by Gasteiger charge is -2.43. The van der Waals surface area contributed by atoms with Gasteiger partial charge in [0.05, 0.1) is 10.1 Å². The molecule has 98 valence electrons. The Morgan fingerprint density at radius 3 is 1.83 bits per heavy atom. The van der Waals surface area contributed by atoms with Crippen LogP contribution in [0.25, 0.3) is 0 Å². The van der Waals surface area contributed by atoms with Crippen LogP contribution in [0.1, 0.15) is 0 Å². The summed E-state index contributed by atoms with van der Waals surface area (Å²) in [5, 5.41) is 1.25. The molecule has 0 aromatic heterocycles. The predicted molar refractivity (Wildman–Crippen MR) is 72.6 cm³/mol. The van der Waals surface area contributed by atoms with Gasteiger partial charge in [-0.25, -0.2) is 0 Å². The van der Waals surface area contributed by atoms with Gasteiger partial charge in [-0.15, -0.1) is 11.6 Å². The molecule has 0 radical (unpaired) electrons. The fourth-order valence-electron chi connectivity index (χ4n) is 1.82. The minimum atomic E-state index is -2.10. The number of fused-ring (bicyclic) bond motifs is 1. The summed E-state index contributed by atoms with van der Waals surface area (Å²) in [7, 11) is 0. The van der Waals surface area contributed by atoms with Gasteiger partial charge in [0, 0.05) is 0 Å². The molecule has 2 amide bonds. The normalized spacial score (nSPS) is 38.9. The number of nitrogens with one attached hydrogen (secondary N) is 1. The van der Waals surface area contributed by atoms with E-state index >= 15 is 0 Å². The van der Waals surface area contributed by atoms with E-state index in [0.29, 0.717) is 0 Å². The Hall–Kier alpha value is 0.360. The third-order valence-electron chi connectivity index (χ3n) is 2.89. The summed E-state index contributed by atoms with van der Waals surface area (Å²) in [5.41, 5.74) is -0.229. The van der Waals surface area contributed by atoms with Gasteiger partial charge < -0.3 is 0 Å². The number of hydrogen-bond acceptors (Lipinski definition) is 2. The highest BCUT2D eigenvalue weighted by atomic mass is 35.5. The van der Waals surface area contributed by atoms with Gasteiger partial charge in [0.1, 0.15) is 0 Å². The van der Waals surface area contributed by atoms with Gasteiger partial charge in [-0.3, -0.25) is 14.9 Å². The summed E-state index contributed by atoms with van der Waals surface area (Å²) in [6, 6.07) is 0. The average Bonchev–Trinajstić information content (AvgIpc) is 2.48. The van der Waals surface area contributed by atoms with Crippen LogP contribution >= 0.6 is 69.6 Å². The summed E-state index contributed by atoms with van der Waals surface area (Å²) >= 11 is 36.0. The number of carbonyl (C=O) groups is 2. The second-order valence-corrected chi connectivity index (χ2v) is 7.00. The molecule has 9 heteroatoms. The molecule has 2 aliphatic rings. The molecule has 0 saturated carbocycles. The van der Waals surface area contributed by atoms with E-state index in [1.54, 1.807) is 0 Å². The zero-order valence-electron chi connectivity index (χ0n) is 8.29. The molecule has 2 unspecified atom stereocenters. The molecular formula is C9H3Cl6NO2. The number of alkyl halides is 4. The number of halogens is 6. The zero-order valence-corrected chi connectivity index (χ0v) is 12.8. The number of allylic oxidation sites excluding steroid dienone is 1. The van der Waals surface area contributed by atoms with Crippen molar-refractivity contribution in [2.45, 2.75) is 14.1 Å². The van der Waals surface area contributed by atoms with E-state index in [1.807, 2.05) is 5.32 Å². The summed E-state index contributed by atoms with van der Waals surface area (Å²) < 4.78 is -1.90. The van der Waals surface area contributed by atoms with E-state index in [4.69, 9.17) is 69.6 Å². The first kappa shape index (κ1) is 14.8. The van der Waals surface area contributed by atoms with Gasteiger partial charge in [0.2, 0.25) is 0 Å². The van der Waals surface area contributed by atoms with Crippen LogP contribution < -0.4 is 5.32 Å². The first-order chi connectivity index (χ1) is 8.02. The molecule has 18 heavy (non-hydrogen) atoms. The monoisotopic (exact) mass is 367 g/mol. The van der Waals surface area contributed by atoms with Crippen molar-refractivity contribution in [3.05, 3.63) is 22.2 Å². The fraction of sp³-hybridized carbons (Fsp3) is 0.333. The molecule has 2 atom stereocenters. The SMILES string of the molecule is C=C1C(Cl)(Cl)C(Cl)=C(Cl)C2(Cl)C(=O)NC(=O)C12Cl. The van der Waals surface area contributed by atoms with Gasteiger partial charge >= 0.3 is 0 Å². The number of imide groups is 1. The lowest BCUT2D eigenvalue weighted by atomic mass is 9.79. The number of hydrogen-bond donors (Lipinski definition) is 1. The molecule has 1 fully saturated rings. The van der Waals surface area contributed by atoms with Gasteiger partial charge in [0.15, 0.2) is 14.1 Å². The van der Waals surface area contributed by atoms with Crippen molar-refractivity contribution in [3.8, 4) is 0 Å². The molecule has 0 spiro atoms. The minimum Gasteiger partial charge on any atom is -0.293 e. The summed E-state index contributed by atoms with van der Waals surface area (Å²) in [5.74, 6) is -1.81. The van der Waals surface area contributed by atoms with E-state index in [0.717, 1.165) is 0 Å². The fourth-order valence-corrected chi connectivity index (χ4v) is 3.92. The van der Waals surface area contributed by atoms with Crippen LogP contribution in [0.2, 0.25) is 0 Å². The first-order valence-electron chi connectivity index (χ1n) is 4.40. The quantitative estimate of drug-likeness (QED) is 0.405. The lowest BCUT2D eigenvalue weighted by molar-refractivity contribution is -0.125. The Kier molecular flexibility index (Phi) is 3.23. The van der Waals surface area contributed by atoms with Gasteiger partial charge in [0.25, 0.3) is 11.8 Å². The van der Waals surface area contributed by atoms with Gasteiger partial charge in [-0.05, 0) is 5.57 Å². The van der Waals surface area contributed by atoms with Crippen LogP contribution in [0.15, 0.2) is 22.2 Å². The Labute approximate surface area is 132 Å². The van der Waals surface area contributed by atoms with Crippen molar-refractivity contribution < 1.29 is 9.59 Å². The van der Waals surface area contributed by atoms with Crippen LogP contribution in [0.5, 0.6) is 0 Å². The molecule has 1 N–H and O–H groups in total. The van der Waals surface area contributed by atoms with Crippen molar-refractivity contribution in [2.24, 2.45) is 0 Å². The summed E-state index contributed by atoms with van der Waals surface area (Å²) in [4.78, 5) is 19.5. The van der Waals surface area contributed by atoms with Gasteiger partial charge in [-0.1, -0.05) is 64.6 Å². The molecule has 0 bridgehead atoms. The Bertz CT molecular complexity index is 541. The molecule has 1 heterocycles. The van der Waals surface area contributed by atoms with Crippen molar-refractivity contribution >= 4 is 81.4 Å². The van der Waals surface area contributed by atoms with E-state index in [2.05, 4.69) is 6.58 Å². The molecule has 3 nitrogen and oxygen atoms in total. The van der Waals surface area contributed by atoms with Crippen LogP contribution in [0, 0.1) is 0 Å². The van der Waals surface area contributed by atoms with Crippen LogP contribution in [-0.2, 0) is 9.59 Å². The van der Waals surface area contributed by atoms with Crippen LogP contribution in [0.3, 0.4) is 0 Å². The third kappa shape index (κ3) is 1.36. The van der Waals surface area contributed by atoms with E-state index in [9.17, 15) is 9.59 Å². The van der Waals surface area contributed by atoms with Crippen molar-refractivity contribution in [1.82, 2.24) is 5.32 Å². The molecule has 0 aromatic rings. The second-order valence-electron chi connectivity index (χ2n) is 3.78. The Morgan fingerprint density at radius 1 is 0.889 bits per heavy atom. The molecule has 0 aromatic carbocycles. The maximum atomic E-state index is 11.8. The standard InChI is InChI=1S/C9H3Cl6NO2/c1-2-7(12)5(17)16-6(18)8(7,13)3(10)4(11)9(2,14)15/h1H2,(H,16,17,18). The molecule has 1 saturated heterocycles. The topological polar surface area (TPSA) is 46.2 Å². The van der Waals surface area contributed by atoms with Crippen molar-refractivity contribution in [3.63, 3.8) is 0 Å². The van der Waals surface area contributed by atoms with Crippen LogP contribution in [0.4, 0.5) is 0 Å². The highest BCUT2D eigenvalue weighted by Gasteiger charge is 2.74. The Balaban J connectivity index is 2.88. The summed E-state index contributed by atoms with van der Waals surface area (Å²) in [6.07, 6.45) is 0. The Morgan fingerprint density at radius 2 is 1.33 bits per heavy atom. The smallest absolute Gasteiger partial charge is 0.256 e. The van der Waals surface area contributed by atoms with Gasteiger partial charge in [-0.2, -0.15) is 0 Å². The van der Waals surface area contributed by atoms with Crippen LogP contribution in [-0.4, -0.2) is 25.9 Å². The molecular weight excluding hydrogens is 367 g/mol. The molecule has 1 aliphatic carbocycles. The maximum Gasteiger partial charge on any atom is 0.256 e. The maximum absolute atomic E-state index is 11.8. The number of rotatable bonds is 0. The number of amides is 2. The lowest BCUT2D eigenvalue weighted by Crippen LogP contribution is -2.57. The van der Waals surface area contributed by atoms with Crippen molar-refractivity contribution in [2.75, 3.05) is 0 Å². The second kappa shape index (κ2) is 3.94. The van der Waals surface area contributed by atoms with E-state index < -0.39 is 30.9 Å². The highest BCUT2D eigenvalue weighted by Crippen LogP contribution is 2.62.